The molecule has 1 heterocycles. The third kappa shape index (κ3) is 3.73. The number of hydrogen-bond acceptors (Lipinski definition) is 1. The second-order valence-electron chi connectivity index (χ2n) is 6.84. The van der Waals surface area contributed by atoms with Crippen LogP contribution in [0.4, 0.5) is 0 Å². The van der Waals surface area contributed by atoms with E-state index in [2.05, 4.69) is 80.4 Å². The van der Waals surface area contributed by atoms with Crippen LogP contribution in [-0.2, 0) is 6.42 Å². The van der Waals surface area contributed by atoms with Crippen molar-refractivity contribution in [2.75, 3.05) is 0 Å². The maximum absolute atomic E-state index is 4.57. The topological polar surface area (TPSA) is 12.9 Å². The van der Waals surface area contributed by atoms with Gasteiger partial charge in [-0.2, -0.15) is 0 Å². The van der Waals surface area contributed by atoms with Crippen molar-refractivity contribution in [2.24, 2.45) is 5.92 Å². The minimum absolute atomic E-state index is 0.718. The molecule has 3 aromatic rings. The van der Waals surface area contributed by atoms with Crippen LogP contribution in [0.3, 0.4) is 0 Å². The van der Waals surface area contributed by atoms with Crippen LogP contribution in [0, 0.1) is 12.8 Å². The van der Waals surface area contributed by atoms with E-state index in [0.717, 1.165) is 23.6 Å². The number of rotatable bonds is 5. The number of pyridine rings is 1. The van der Waals surface area contributed by atoms with E-state index in [1.165, 1.54) is 28.7 Å². The van der Waals surface area contributed by atoms with Crippen molar-refractivity contribution in [2.45, 2.75) is 33.6 Å². The monoisotopic (exact) mass is 315 g/mol. The summed E-state index contributed by atoms with van der Waals surface area (Å²) in [4.78, 5) is 4.57. The van der Waals surface area contributed by atoms with Crippen molar-refractivity contribution in [1.82, 2.24) is 4.98 Å². The van der Waals surface area contributed by atoms with E-state index < -0.39 is 0 Å². The molecule has 0 fully saturated rings. The molecule has 0 radical (unpaired) electrons. The average molecular weight is 315 g/mol. The minimum atomic E-state index is 0.718. The summed E-state index contributed by atoms with van der Waals surface area (Å²) in [6, 6.07) is 21.4. The lowest BCUT2D eigenvalue weighted by Crippen LogP contribution is -1.97. The van der Waals surface area contributed by atoms with Crippen LogP contribution in [0.25, 0.3) is 22.4 Å². The first-order chi connectivity index (χ1) is 11.6. The number of nitrogens with zero attached hydrogens (tertiary/aromatic N) is 1. The summed E-state index contributed by atoms with van der Waals surface area (Å²) in [7, 11) is 0. The number of benzene rings is 2. The Morgan fingerprint density at radius 2 is 1.67 bits per heavy atom. The molecular weight excluding hydrogens is 290 g/mol. The van der Waals surface area contributed by atoms with E-state index in [9.17, 15) is 0 Å². The fourth-order valence-electron chi connectivity index (χ4n) is 3.15. The predicted octanol–water partition coefficient (Wildman–Crippen LogP) is 6.31. The van der Waals surface area contributed by atoms with Gasteiger partial charge in [-0.25, -0.2) is 0 Å². The highest BCUT2D eigenvalue weighted by atomic mass is 14.7. The second-order valence-corrected chi connectivity index (χ2v) is 6.84. The average Bonchev–Trinajstić information content (AvgIpc) is 2.61. The summed E-state index contributed by atoms with van der Waals surface area (Å²) in [5, 5.41) is 0. The highest BCUT2D eigenvalue weighted by Crippen LogP contribution is 2.31. The Bertz CT molecular complexity index is 803. The maximum atomic E-state index is 4.57. The van der Waals surface area contributed by atoms with Crippen molar-refractivity contribution in [1.29, 1.82) is 0 Å². The smallest absolute Gasteiger partial charge is 0.0708 e. The van der Waals surface area contributed by atoms with Crippen molar-refractivity contribution in [3.8, 4) is 22.4 Å². The summed E-state index contributed by atoms with van der Waals surface area (Å²) in [5.74, 6) is 0.718. The molecule has 0 aliphatic carbocycles. The van der Waals surface area contributed by atoms with E-state index in [1.807, 2.05) is 12.3 Å². The van der Waals surface area contributed by atoms with E-state index in [0.29, 0.717) is 0 Å². The SMILES string of the molecule is Cc1cccc(CCC(C)C)c1-c1ccnc(-c2ccccc2)c1. The fraction of sp³-hybridized carbons (Fsp3) is 0.261. The molecule has 1 aromatic heterocycles. The van der Waals surface area contributed by atoms with Crippen LogP contribution in [-0.4, -0.2) is 4.98 Å². The van der Waals surface area contributed by atoms with Gasteiger partial charge in [-0.15, -0.1) is 0 Å². The molecular formula is C23H25N. The van der Waals surface area contributed by atoms with E-state index in [4.69, 9.17) is 0 Å². The van der Waals surface area contributed by atoms with Crippen LogP contribution in [0.2, 0.25) is 0 Å². The van der Waals surface area contributed by atoms with Crippen molar-refractivity contribution in [3.63, 3.8) is 0 Å². The molecule has 0 aliphatic rings. The fourth-order valence-corrected chi connectivity index (χ4v) is 3.15. The van der Waals surface area contributed by atoms with Gasteiger partial charge < -0.3 is 0 Å². The van der Waals surface area contributed by atoms with Gasteiger partial charge in [0, 0.05) is 11.8 Å². The molecule has 0 atom stereocenters. The molecule has 122 valence electrons. The van der Waals surface area contributed by atoms with Crippen LogP contribution >= 0.6 is 0 Å². The Labute approximate surface area is 145 Å². The Kier molecular flexibility index (Phi) is 5.10. The number of aryl methyl sites for hydroxylation is 2. The molecule has 1 heteroatoms. The Morgan fingerprint density at radius 1 is 0.875 bits per heavy atom. The van der Waals surface area contributed by atoms with Crippen molar-refractivity contribution < 1.29 is 0 Å². The lowest BCUT2D eigenvalue weighted by molar-refractivity contribution is 0.587. The van der Waals surface area contributed by atoms with Gasteiger partial charge in [0.1, 0.15) is 0 Å². The third-order valence-electron chi connectivity index (χ3n) is 4.47. The van der Waals surface area contributed by atoms with Gasteiger partial charge in [-0.05, 0) is 60.1 Å². The molecule has 0 bridgehead atoms. The van der Waals surface area contributed by atoms with Gasteiger partial charge in [-0.3, -0.25) is 4.98 Å². The Hall–Kier alpha value is -2.41. The van der Waals surface area contributed by atoms with E-state index in [1.54, 1.807) is 0 Å². The van der Waals surface area contributed by atoms with Crippen LogP contribution < -0.4 is 0 Å². The normalized spacial score (nSPS) is 11.0. The molecule has 0 saturated carbocycles. The van der Waals surface area contributed by atoms with Gasteiger partial charge in [0.25, 0.3) is 0 Å². The molecule has 0 N–H and O–H groups in total. The molecule has 2 aromatic carbocycles. The van der Waals surface area contributed by atoms with E-state index >= 15 is 0 Å². The third-order valence-corrected chi connectivity index (χ3v) is 4.47. The molecule has 24 heavy (non-hydrogen) atoms. The van der Waals surface area contributed by atoms with Gasteiger partial charge >= 0.3 is 0 Å². The molecule has 0 saturated heterocycles. The molecule has 0 aliphatic heterocycles. The first-order valence-corrected chi connectivity index (χ1v) is 8.75. The summed E-state index contributed by atoms with van der Waals surface area (Å²) in [6.45, 7) is 6.78. The predicted molar refractivity (Wildman–Crippen MR) is 103 cm³/mol. The molecule has 3 rings (SSSR count). The minimum Gasteiger partial charge on any atom is -0.256 e. The zero-order valence-electron chi connectivity index (χ0n) is 14.8. The van der Waals surface area contributed by atoms with Gasteiger partial charge in [-0.1, -0.05) is 62.4 Å². The number of aromatic nitrogens is 1. The molecule has 0 unspecified atom stereocenters. The zero-order chi connectivity index (χ0) is 16.9. The van der Waals surface area contributed by atoms with Crippen molar-refractivity contribution in [3.05, 3.63) is 78.0 Å². The highest BCUT2D eigenvalue weighted by molar-refractivity contribution is 5.75. The lowest BCUT2D eigenvalue weighted by atomic mass is 9.91. The summed E-state index contributed by atoms with van der Waals surface area (Å²) >= 11 is 0. The Balaban J connectivity index is 2.03. The first-order valence-electron chi connectivity index (χ1n) is 8.75. The van der Waals surface area contributed by atoms with Crippen molar-refractivity contribution >= 4 is 0 Å². The Morgan fingerprint density at radius 3 is 2.42 bits per heavy atom. The van der Waals surface area contributed by atoms with Crippen LogP contribution in [0.5, 0.6) is 0 Å². The largest absolute Gasteiger partial charge is 0.256 e. The van der Waals surface area contributed by atoms with Gasteiger partial charge in [0.05, 0.1) is 5.69 Å². The van der Waals surface area contributed by atoms with Gasteiger partial charge in [0.15, 0.2) is 0 Å². The lowest BCUT2D eigenvalue weighted by Gasteiger charge is -2.15. The summed E-state index contributed by atoms with van der Waals surface area (Å²) in [6.07, 6.45) is 4.26. The quantitative estimate of drug-likeness (QED) is 0.537. The van der Waals surface area contributed by atoms with Gasteiger partial charge in [0.2, 0.25) is 0 Å². The first kappa shape index (κ1) is 16.4. The zero-order valence-corrected chi connectivity index (χ0v) is 14.8. The standard InChI is InChI=1S/C23H25N/c1-17(2)12-13-20-11-7-8-18(3)23(20)21-14-15-24-22(16-21)19-9-5-4-6-10-19/h4-11,14-17H,12-13H2,1-3H3. The summed E-state index contributed by atoms with van der Waals surface area (Å²) in [5.41, 5.74) is 7.61. The maximum Gasteiger partial charge on any atom is 0.0708 e. The highest BCUT2D eigenvalue weighted by Gasteiger charge is 2.10. The summed E-state index contributed by atoms with van der Waals surface area (Å²) < 4.78 is 0. The molecule has 0 spiro atoms. The van der Waals surface area contributed by atoms with E-state index in [-0.39, 0.29) is 0 Å². The van der Waals surface area contributed by atoms with Crippen LogP contribution in [0.15, 0.2) is 66.9 Å². The number of hydrogen-bond donors (Lipinski definition) is 0. The second kappa shape index (κ2) is 7.44. The van der Waals surface area contributed by atoms with Crippen LogP contribution in [0.1, 0.15) is 31.4 Å². The molecule has 0 amide bonds. The molecule has 1 nitrogen and oxygen atoms in total.